The molecule has 33 heavy (non-hydrogen) atoms. The van der Waals surface area contributed by atoms with Gasteiger partial charge in [0.25, 0.3) is 5.91 Å². The van der Waals surface area contributed by atoms with Gasteiger partial charge in [-0.15, -0.1) is 0 Å². The molecule has 3 N–H and O–H groups in total. The normalized spacial score (nSPS) is 19.6. The number of likely N-dealkylation sites (tertiary alicyclic amines) is 1. The van der Waals surface area contributed by atoms with E-state index in [1.54, 1.807) is 26.3 Å². The average molecular weight is 450 g/mol. The molecule has 2 aliphatic heterocycles. The van der Waals surface area contributed by atoms with Crippen LogP contribution in [-0.4, -0.2) is 69.4 Å². The van der Waals surface area contributed by atoms with E-state index in [4.69, 9.17) is 19.9 Å². The van der Waals surface area contributed by atoms with E-state index >= 15 is 0 Å². The summed E-state index contributed by atoms with van der Waals surface area (Å²) in [4.78, 5) is 19.9. The molecule has 0 aromatic heterocycles. The summed E-state index contributed by atoms with van der Waals surface area (Å²) in [5.41, 5.74) is 4.61. The number of nitrogens with zero attached hydrogens (tertiary/aromatic N) is 2. The van der Waals surface area contributed by atoms with Crippen LogP contribution < -0.4 is 20.1 Å². The molecule has 0 unspecified atom stereocenters. The molecule has 1 fully saturated rings. The van der Waals surface area contributed by atoms with Crippen molar-refractivity contribution in [2.75, 3.05) is 40.9 Å². The zero-order valence-electron chi connectivity index (χ0n) is 19.6. The zero-order valence-corrected chi connectivity index (χ0v) is 19.6. The Balaban J connectivity index is 1.74. The molecule has 1 saturated heterocycles. The van der Waals surface area contributed by atoms with Crippen molar-refractivity contribution in [2.45, 2.75) is 25.3 Å². The van der Waals surface area contributed by atoms with E-state index in [0.717, 1.165) is 42.1 Å². The Kier molecular flexibility index (Phi) is 6.65. The van der Waals surface area contributed by atoms with Gasteiger partial charge in [0.15, 0.2) is 17.5 Å². The van der Waals surface area contributed by atoms with Crippen LogP contribution in [0.3, 0.4) is 0 Å². The number of likely N-dealkylation sites (N-methyl/N-ethyl adjacent to an activating group) is 1. The van der Waals surface area contributed by atoms with Crippen molar-refractivity contribution >= 4 is 17.6 Å². The van der Waals surface area contributed by atoms with E-state index in [0.29, 0.717) is 23.8 Å². The first-order valence-electron chi connectivity index (χ1n) is 11.2. The van der Waals surface area contributed by atoms with Gasteiger partial charge >= 0.3 is 0 Å². The maximum Gasteiger partial charge on any atom is 0.257 e. The Bertz CT molecular complexity index is 1080. The van der Waals surface area contributed by atoms with E-state index in [2.05, 4.69) is 28.6 Å². The van der Waals surface area contributed by atoms with Crippen molar-refractivity contribution < 1.29 is 14.3 Å². The van der Waals surface area contributed by atoms with Crippen LogP contribution in [0.4, 0.5) is 0 Å². The van der Waals surface area contributed by atoms with Gasteiger partial charge < -0.3 is 19.7 Å². The monoisotopic (exact) mass is 449 g/mol. The highest BCUT2D eigenvalue weighted by atomic mass is 16.5. The van der Waals surface area contributed by atoms with Crippen molar-refractivity contribution in [1.29, 1.82) is 5.41 Å². The minimum atomic E-state index is -0.328. The number of amides is 1. The van der Waals surface area contributed by atoms with Gasteiger partial charge in [0, 0.05) is 36.2 Å². The highest BCUT2D eigenvalue weighted by Crippen LogP contribution is 2.42. The molecule has 0 radical (unpaired) electrons. The van der Waals surface area contributed by atoms with Crippen LogP contribution in [0.15, 0.2) is 41.4 Å². The third kappa shape index (κ3) is 4.57. The number of guanidine groups is 1. The van der Waals surface area contributed by atoms with E-state index in [9.17, 15) is 4.79 Å². The maximum atomic E-state index is 12.3. The summed E-state index contributed by atoms with van der Waals surface area (Å²) in [6.45, 7) is 4.50. The third-order valence-corrected chi connectivity index (χ3v) is 6.27. The molecule has 2 aromatic carbocycles. The second-order valence-corrected chi connectivity index (χ2v) is 8.38. The summed E-state index contributed by atoms with van der Waals surface area (Å²) >= 11 is 0. The largest absolute Gasteiger partial charge is 0.493 e. The van der Waals surface area contributed by atoms with Crippen LogP contribution in [-0.2, 0) is 0 Å². The van der Waals surface area contributed by atoms with Gasteiger partial charge in [0.1, 0.15) is 0 Å². The lowest BCUT2D eigenvalue weighted by atomic mass is 9.79. The Hall–Kier alpha value is -3.39. The summed E-state index contributed by atoms with van der Waals surface area (Å²) < 4.78 is 11.5. The van der Waals surface area contributed by atoms with E-state index < -0.39 is 0 Å². The zero-order chi connectivity index (χ0) is 23.5. The van der Waals surface area contributed by atoms with Crippen molar-refractivity contribution in [1.82, 2.24) is 15.5 Å². The molecule has 0 saturated carbocycles. The van der Waals surface area contributed by atoms with Crippen molar-refractivity contribution in [2.24, 2.45) is 4.99 Å². The topological polar surface area (TPSA) is 99.0 Å². The van der Waals surface area contributed by atoms with Crippen molar-refractivity contribution in [3.05, 3.63) is 58.7 Å². The molecule has 8 nitrogen and oxygen atoms in total. The highest BCUT2D eigenvalue weighted by molar-refractivity contribution is 6.15. The van der Waals surface area contributed by atoms with E-state index in [1.807, 2.05) is 25.1 Å². The number of rotatable bonds is 5. The van der Waals surface area contributed by atoms with Crippen LogP contribution in [0, 0.1) is 5.41 Å². The van der Waals surface area contributed by atoms with Gasteiger partial charge in [-0.25, -0.2) is 0 Å². The predicted octanol–water partition coefficient (Wildman–Crippen LogP) is 2.62. The van der Waals surface area contributed by atoms with E-state index in [-0.39, 0.29) is 17.9 Å². The summed E-state index contributed by atoms with van der Waals surface area (Å²) in [7, 11) is 5.39. The lowest BCUT2D eigenvalue weighted by Crippen LogP contribution is -2.41. The smallest absolute Gasteiger partial charge is 0.257 e. The fourth-order valence-corrected chi connectivity index (χ4v) is 4.57. The van der Waals surface area contributed by atoms with Gasteiger partial charge in [0.05, 0.1) is 25.5 Å². The highest BCUT2D eigenvalue weighted by Gasteiger charge is 2.36. The lowest BCUT2D eigenvalue weighted by molar-refractivity contribution is 0.0975. The van der Waals surface area contributed by atoms with Gasteiger partial charge in [-0.05, 0) is 56.8 Å². The molecule has 8 heteroatoms. The number of ether oxygens (including phenoxy) is 2. The van der Waals surface area contributed by atoms with Gasteiger partial charge in [-0.1, -0.05) is 12.1 Å². The molecular formula is C25H31N5O3. The number of aliphatic imine (C=N–C) groups is 1. The van der Waals surface area contributed by atoms with Crippen LogP contribution in [0.2, 0.25) is 0 Å². The molecule has 0 aliphatic carbocycles. The minimum Gasteiger partial charge on any atom is -0.493 e. The SMILES string of the molecule is CCOc1cc2c(cc1OC)C(c1ccc(C(=O)NC(=N)NC)cc1)=N[C@@H]1CCN(C)C[C@H]21. The number of methoxy groups -OCH3 is 1. The molecule has 2 atom stereocenters. The number of piperidine rings is 1. The Morgan fingerprint density at radius 3 is 2.67 bits per heavy atom. The number of nitrogens with one attached hydrogen (secondary N) is 3. The first-order valence-corrected chi connectivity index (χ1v) is 11.2. The molecule has 0 spiro atoms. The maximum absolute atomic E-state index is 12.3. The number of carbonyl (C=O) groups is 1. The second kappa shape index (κ2) is 9.62. The van der Waals surface area contributed by atoms with Crippen LogP contribution >= 0.6 is 0 Å². The molecule has 2 heterocycles. The summed E-state index contributed by atoms with van der Waals surface area (Å²) in [6, 6.07) is 11.7. The molecule has 2 aromatic rings. The molecule has 2 aliphatic rings. The fraction of sp³-hybridized carbons (Fsp3) is 0.400. The lowest BCUT2D eigenvalue weighted by Gasteiger charge is -2.39. The Morgan fingerprint density at radius 2 is 2.00 bits per heavy atom. The number of hydrogen-bond acceptors (Lipinski definition) is 6. The number of hydrogen-bond donors (Lipinski definition) is 3. The minimum absolute atomic E-state index is 0.0415. The first-order chi connectivity index (χ1) is 15.9. The number of fused-ring (bicyclic) bond motifs is 3. The Morgan fingerprint density at radius 1 is 1.24 bits per heavy atom. The average Bonchev–Trinajstić information content (AvgIpc) is 2.83. The quantitative estimate of drug-likeness (QED) is 0.481. The summed E-state index contributed by atoms with van der Waals surface area (Å²) in [5.74, 6) is 1.37. The summed E-state index contributed by atoms with van der Waals surface area (Å²) in [6.07, 6.45) is 0.993. The molecule has 0 bridgehead atoms. The van der Waals surface area contributed by atoms with Crippen LogP contribution in [0.1, 0.15) is 46.3 Å². The summed E-state index contributed by atoms with van der Waals surface area (Å²) in [5, 5.41) is 12.7. The third-order valence-electron chi connectivity index (χ3n) is 6.27. The van der Waals surface area contributed by atoms with E-state index in [1.165, 1.54) is 5.56 Å². The van der Waals surface area contributed by atoms with Crippen LogP contribution in [0.5, 0.6) is 11.5 Å². The predicted molar refractivity (Wildman–Crippen MR) is 129 cm³/mol. The second-order valence-electron chi connectivity index (χ2n) is 8.38. The van der Waals surface area contributed by atoms with Crippen LogP contribution in [0.25, 0.3) is 0 Å². The van der Waals surface area contributed by atoms with Gasteiger partial charge in [0.2, 0.25) is 0 Å². The molecule has 4 rings (SSSR count). The number of carbonyl (C=O) groups excluding carboxylic acids is 1. The molecule has 174 valence electrons. The number of benzene rings is 2. The van der Waals surface area contributed by atoms with Gasteiger partial charge in [-0.3, -0.25) is 20.5 Å². The standard InChI is InChI=1S/C25H31N5O3/c1-5-33-22-12-17-18(13-21(22)32-4)23(28-20-10-11-30(3)14-19(17)20)15-6-8-16(9-7-15)24(31)29-25(26)27-2/h6-9,12-13,19-20H,5,10-11,14H2,1-4H3,(H3,26,27,29,31)/t19-,20-/m1/s1. The van der Waals surface area contributed by atoms with Crippen molar-refractivity contribution in [3.63, 3.8) is 0 Å². The van der Waals surface area contributed by atoms with Crippen molar-refractivity contribution in [3.8, 4) is 11.5 Å². The molecule has 1 amide bonds. The first kappa shape index (κ1) is 22.8. The fourth-order valence-electron chi connectivity index (χ4n) is 4.57. The van der Waals surface area contributed by atoms with Gasteiger partial charge in [-0.2, -0.15) is 0 Å². The molecular weight excluding hydrogens is 418 g/mol. The Labute approximate surface area is 194 Å².